The molecule has 0 radical (unpaired) electrons. The van der Waals surface area contributed by atoms with Crippen LogP contribution in [0, 0.1) is 0 Å². The zero-order valence-electron chi connectivity index (χ0n) is 50.6. The van der Waals surface area contributed by atoms with Crippen LogP contribution in [-0.2, 0) is 37.9 Å². The largest absolute Gasteiger partial charge is 0.310 e. The van der Waals surface area contributed by atoms with Gasteiger partial charge >= 0.3 is 0 Å². The second-order valence-electron chi connectivity index (χ2n) is 30.0. The van der Waals surface area contributed by atoms with Crippen LogP contribution < -0.4 is 16.4 Å². The van der Waals surface area contributed by atoms with Gasteiger partial charge in [0.1, 0.15) is 0 Å². The molecule has 0 saturated carbocycles. The van der Waals surface area contributed by atoms with Gasteiger partial charge in [0.05, 0.1) is 16.6 Å². The zero-order valence-corrected chi connectivity index (χ0v) is 50.6. The first kappa shape index (κ1) is 50.2. The zero-order chi connectivity index (χ0) is 55.9. The van der Waals surface area contributed by atoms with Gasteiger partial charge in [-0.05, 0) is 171 Å². The summed E-state index contributed by atoms with van der Waals surface area (Å²) >= 11 is 0. The molecule has 3 heteroatoms. The number of nitrogens with zero attached hydrogens (tertiary/aromatic N) is 2. The van der Waals surface area contributed by atoms with Crippen molar-refractivity contribution < 1.29 is 0 Å². The highest BCUT2D eigenvalue weighted by molar-refractivity contribution is 7.00. The molecule has 0 bridgehead atoms. The fraction of sp³-hybridized carbons (Fsp3) is 0.351. The van der Waals surface area contributed by atoms with Gasteiger partial charge in [0.25, 0.3) is 6.71 Å². The molecule has 3 aliphatic heterocycles. The molecule has 15 rings (SSSR count). The Morgan fingerprint density at radius 2 is 0.988 bits per heavy atom. The maximum atomic E-state index is 2.83. The summed E-state index contributed by atoms with van der Waals surface area (Å²) in [4.78, 5) is 0. The smallest absolute Gasteiger partial charge is 0.252 e. The summed E-state index contributed by atoms with van der Waals surface area (Å²) < 4.78 is 5.66. The van der Waals surface area contributed by atoms with Gasteiger partial charge < -0.3 is 9.13 Å². The van der Waals surface area contributed by atoms with E-state index in [0.717, 1.165) is 25.7 Å². The Hall–Kier alpha value is -6.84. The van der Waals surface area contributed by atoms with Crippen molar-refractivity contribution in [2.45, 2.75) is 174 Å². The van der Waals surface area contributed by atoms with E-state index in [-0.39, 0.29) is 39.2 Å². The van der Waals surface area contributed by atoms with Crippen LogP contribution >= 0.6 is 0 Å². The number of aromatic nitrogens is 2. The molecule has 0 fully saturated rings. The second kappa shape index (κ2) is 15.8. The maximum absolute atomic E-state index is 2.83. The van der Waals surface area contributed by atoms with Crippen LogP contribution in [0.5, 0.6) is 0 Å². The van der Waals surface area contributed by atoms with E-state index >= 15 is 0 Å². The summed E-state index contributed by atoms with van der Waals surface area (Å²) in [6.07, 6.45) is 4.38. The van der Waals surface area contributed by atoms with Crippen molar-refractivity contribution in [1.82, 2.24) is 9.13 Å². The average molecular weight is 1040 g/mol. The van der Waals surface area contributed by atoms with E-state index in [0.29, 0.717) is 0 Å². The van der Waals surface area contributed by atoms with E-state index in [9.17, 15) is 0 Å². The third kappa shape index (κ3) is 6.23. The molecular formula is C77H79BN2. The molecule has 0 unspecified atom stereocenters. The average Bonchev–Trinajstić information content (AvgIpc) is 2.35. The fourth-order valence-electron chi connectivity index (χ4n) is 16.2. The Kier molecular flexibility index (Phi) is 9.89. The minimum atomic E-state index is -0.562. The Balaban J connectivity index is 1.21. The van der Waals surface area contributed by atoms with Crippen LogP contribution in [0.15, 0.2) is 140 Å². The van der Waals surface area contributed by atoms with Crippen molar-refractivity contribution >= 4 is 55.8 Å². The van der Waals surface area contributed by atoms with Crippen molar-refractivity contribution in [3.63, 3.8) is 0 Å². The molecule has 8 aromatic carbocycles. The van der Waals surface area contributed by atoms with E-state index in [2.05, 4.69) is 259 Å². The third-order valence-electron chi connectivity index (χ3n) is 21.8. The lowest BCUT2D eigenvalue weighted by atomic mass is 9.33. The van der Waals surface area contributed by atoms with Crippen LogP contribution in [0.4, 0.5) is 0 Å². The lowest BCUT2D eigenvalue weighted by Gasteiger charge is -2.46. The normalized spacial score (nSPS) is 16.8. The summed E-state index contributed by atoms with van der Waals surface area (Å²) in [6.45, 7) is 38.9. The number of fused-ring (bicyclic) bond motifs is 13. The Morgan fingerprint density at radius 1 is 0.463 bits per heavy atom. The number of rotatable bonds is 6. The van der Waals surface area contributed by atoms with E-state index in [4.69, 9.17) is 0 Å². The Labute approximate surface area is 476 Å². The summed E-state index contributed by atoms with van der Waals surface area (Å²) in [5.74, 6) is 0. The minimum absolute atomic E-state index is 0.0167. The van der Waals surface area contributed by atoms with Crippen LogP contribution in [0.25, 0.3) is 77.6 Å². The Bertz CT molecular complexity index is 4330. The topological polar surface area (TPSA) is 9.86 Å². The van der Waals surface area contributed by atoms with E-state index in [1.807, 2.05) is 0 Å². The van der Waals surface area contributed by atoms with Crippen molar-refractivity contribution in [2.24, 2.45) is 0 Å². The predicted octanol–water partition coefficient (Wildman–Crippen LogP) is 18.2. The standard InChI is InChI=1S/C77H79BN2/c1-17-73(9,10)48-39-52-53-40-49(74(11,12)18-2)42-59-68(53)80-67(52)58(41-48)77(54-25-21-19-23-50(54)51-24-20-22-26-55(51)77)56-35-36-61-65(69(56)80)78(59)60-43-57-64(76(15,16)38-37-75(57,13)14)63-62(44-27-31-46(32-28-44)71(3,4)5)66(79(61)70(60)63)45-29-33-47(34-30-45)72(6,7)8/h19-36,39-43H,17-18,37-38H2,1-16H3. The first-order valence-corrected chi connectivity index (χ1v) is 30.4. The molecule has 5 aliphatic rings. The van der Waals surface area contributed by atoms with Crippen LogP contribution in [-0.4, -0.2) is 15.8 Å². The monoisotopic (exact) mass is 1040 g/mol. The highest BCUT2D eigenvalue weighted by Gasteiger charge is 2.56. The number of hydrogen-bond donors (Lipinski definition) is 0. The maximum Gasteiger partial charge on any atom is 0.252 e. The summed E-state index contributed by atoms with van der Waals surface area (Å²) in [5, 5.41) is 4.25. The Morgan fingerprint density at radius 3 is 1.56 bits per heavy atom. The van der Waals surface area contributed by atoms with E-state index in [1.165, 1.54) is 144 Å². The molecule has 0 N–H and O–H groups in total. The first-order chi connectivity index (χ1) is 37.8. The summed E-state index contributed by atoms with van der Waals surface area (Å²) in [7, 11) is 0. The quantitative estimate of drug-likeness (QED) is 0.147. The van der Waals surface area contributed by atoms with Gasteiger partial charge in [-0.3, -0.25) is 0 Å². The second-order valence-corrected chi connectivity index (χ2v) is 30.0. The number of benzene rings is 8. The fourth-order valence-corrected chi connectivity index (χ4v) is 16.2. The van der Waals surface area contributed by atoms with Gasteiger partial charge in [0.2, 0.25) is 0 Å². The van der Waals surface area contributed by atoms with Crippen molar-refractivity contribution in [2.75, 3.05) is 0 Å². The van der Waals surface area contributed by atoms with E-state index in [1.54, 1.807) is 5.56 Å². The first-order valence-electron chi connectivity index (χ1n) is 30.4. The molecule has 80 heavy (non-hydrogen) atoms. The molecular weight excluding hydrogens is 964 g/mol. The molecule has 0 saturated heterocycles. The van der Waals surface area contributed by atoms with Crippen molar-refractivity contribution in [1.29, 1.82) is 0 Å². The molecule has 2 nitrogen and oxygen atoms in total. The molecule has 400 valence electrons. The molecule has 5 heterocycles. The molecule has 2 aromatic heterocycles. The third-order valence-corrected chi connectivity index (χ3v) is 21.8. The predicted molar refractivity (Wildman–Crippen MR) is 343 cm³/mol. The lowest BCUT2D eigenvalue weighted by Crippen LogP contribution is -2.61. The molecule has 1 spiro atoms. The van der Waals surface area contributed by atoms with Gasteiger partial charge in [-0.25, -0.2) is 0 Å². The van der Waals surface area contributed by atoms with Crippen LogP contribution in [0.3, 0.4) is 0 Å². The summed E-state index contributed by atoms with van der Waals surface area (Å²) in [5.41, 5.74) is 32.7. The lowest BCUT2D eigenvalue weighted by molar-refractivity contribution is 0.335. The van der Waals surface area contributed by atoms with Gasteiger partial charge in [0.15, 0.2) is 0 Å². The molecule has 0 amide bonds. The van der Waals surface area contributed by atoms with E-state index < -0.39 is 5.41 Å². The summed E-state index contributed by atoms with van der Waals surface area (Å²) in [6, 6.07) is 57.2. The molecule has 10 aromatic rings. The van der Waals surface area contributed by atoms with Gasteiger partial charge in [-0.15, -0.1) is 0 Å². The minimum Gasteiger partial charge on any atom is -0.310 e. The SMILES string of the molecule is CCC(C)(C)c1cc2c3c(c1)c1cc(C(C)(C)CC)cc4c1n3-c1c(ccc3c1B2c1cc2c(c5c(-c6ccc(C(C)(C)C)cc6)c(-c6ccc(C(C)(C)C)cc6)n-3c15)C(C)(C)CCC2(C)C)C41c2ccccc2-c2ccccc21. The molecule has 0 atom stereocenters. The van der Waals surface area contributed by atoms with Crippen molar-refractivity contribution in [3.05, 3.63) is 195 Å². The van der Waals surface area contributed by atoms with Crippen molar-refractivity contribution in [3.8, 4) is 44.9 Å². The molecule has 2 aliphatic carbocycles. The van der Waals surface area contributed by atoms with Gasteiger partial charge in [-0.1, -0.05) is 232 Å². The van der Waals surface area contributed by atoms with Gasteiger partial charge in [-0.2, -0.15) is 0 Å². The van der Waals surface area contributed by atoms with Crippen LogP contribution in [0.1, 0.15) is 192 Å². The highest BCUT2D eigenvalue weighted by Crippen LogP contribution is 2.63. The highest BCUT2D eigenvalue weighted by atomic mass is 15.1. The van der Waals surface area contributed by atoms with Crippen LogP contribution in [0.2, 0.25) is 0 Å². The van der Waals surface area contributed by atoms with Gasteiger partial charge in [0, 0.05) is 44.1 Å². The number of hydrogen-bond acceptors (Lipinski definition) is 0.